The molecule has 3 rings (SSSR count). The highest BCUT2D eigenvalue weighted by molar-refractivity contribution is 6.01. The summed E-state index contributed by atoms with van der Waals surface area (Å²) in [6.07, 6.45) is 4.73. The average molecular weight is 278 g/mol. The van der Waals surface area contributed by atoms with Crippen LogP contribution in [0.3, 0.4) is 0 Å². The molecule has 0 amide bonds. The number of hydrogen-bond donors (Lipinski definition) is 0. The summed E-state index contributed by atoms with van der Waals surface area (Å²) in [5, 5.41) is 1.83. The summed E-state index contributed by atoms with van der Waals surface area (Å²) < 4.78 is 5.37. The minimum Gasteiger partial charge on any atom is -0.496 e. The van der Waals surface area contributed by atoms with Crippen LogP contribution in [0.1, 0.15) is 17.2 Å². The van der Waals surface area contributed by atoms with Crippen LogP contribution in [0.4, 0.5) is 0 Å². The van der Waals surface area contributed by atoms with E-state index in [0.717, 1.165) is 16.3 Å². The van der Waals surface area contributed by atoms with Gasteiger partial charge < -0.3 is 4.74 Å². The number of hydrogen-bond acceptors (Lipinski definition) is 5. The van der Waals surface area contributed by atoms with Gasteiger partial charge in [0.25, 0.3) is 0 Å². The Bertz CT molecular complexity index is 857. The van der Waals surface area contributed by atoms with Crippen LogP contribution in [-0.2, 0) is 9.59 Å². The number of isocyanates is 2. The molecule has 0 radical (unpaired) electrons. The third-order valence-electron chi connectivity index (χ3n) is 3.51. The van der Waals surface area contributed by atoms with E-state index in [1.807, 2.05) is 30.3 Å². The van der Waals surface area contributed by atoms with Gasteiger partial charge >= 0.3 is 0 Å². The highest BCUT2D eigenvalue weighted by Crippen LogP contribution is 2.43. The molecule has 21 heavy (non-hydrogen) atoms. The molecule has 0 saturated carbocycles. The fraction of sp³-hybridized carbons (Fsp3) is 0.125. The molecule has 0 fully saturated rings. The van der Waals surface area contributed by atoms with E-state index in [9.17, 15) is 9.59 Å². The van der Waals surface area contributed by atoms with Crippen molar-refractivity contribution in [3.05, 3.63) is 47.5 Å². The van der Waals surface area contributed by atoms with E-state index in [1.165, 1.54) is 6.08 Å². The quantitative estimate of drug-likeness (QED) is 0.640. The van der Waals surface area contributed by atoms with Gasteiger partial charge in [0, 0.05) is 5.39 Å². The van der Waals surface area contributed by atoms with E-state index in [1.54, 1.807) is 19.3 Å². The minimum absolute atomic E-state index is 0.398. The third-order valence-corrected chi connectivity index (χ3v) is 3.51. The van der Waals surface area contributed by atoms with Crippen molar-refractivity contribution >= 4 is 28.6 Å². The lowest BCUT2D eigenvalue weighted by atomic mass is 9.88. The minimum atomic E-state index is -0.516. The second kappa shape index (κ2) is 5.17. The third kappa shape index (κ3) is 1.98. The molecule has 0 saturated heterocycles. The summed E-state index contributed by atoms with van der Waals surface area (Å²) in [7, 11) is 1.55. The van der Waals surface area contributed by atoms with Crippen molar-refractivity contribution in [2.24, 2.45) is 9.98 Å². The molecule has 0 N–H and O–H groups in total. The highest BCUT2D eigenvalue weighted by atomic mass is 16.5. The predicted octanol–water partition coefficient (Wildman–Crippen LogP) is 2.92. The van der Waals surface area contributed by atoms with Gasteiger partial charge in [-0.25, -0.2) is 9.59 Å². The van der Waals surface area contributed by atoms with Crippen LogP contribution >= 0.6 is 0 Å². The van der Waals surface area contributed by atoms with Crippen LogP contribution in [0.5, 0.6) is 5.75 Å². The molecule has 5 heteroatoms. The molecular formula is C16H10N2O3. The summed E-state index contributed by atoms with van der Waals surface area (Å²) >= 11 is 0. The molecule has 2 aromatic carbocycles. The van der Waals surface area contributed by atoms with Crippen LogP contribution in [-0.4, -0.2) is 19.3 Å². The van der Waals surface area contributed by atoms with Crippen LogP contribution in [0.15, 0.2) is 46.4 Å². The lowest BCUT2D eigenvalue weighted by Crippen LogP contribution is -2.04. The largest absolute Gasteiger partial charge is 0.496 e. The van der Waals surface area contributed by atoms with Gasteiger partial charge in [0.1, 0.15) is 11.8 Å². The molecule has 2 aromatic rings. The Hall–Kier alpha value is -3.00. The Kier molecular flexibility index (Phi) is 3.20. The number of carbonyl (C=O) groups excluding carboxylic acids is 2. The Labute approximate surface area is 120 Å². The van der Waals surface area contributed by atoms with Crippen LogP contribution in [0.25, 0.3) is 16.5 Å². The van der Waals surface area contributed by atoms with Crippen LogP contribution in [0.2, 0.25) is 0 Å². The number of rotatable bonds is 3. The van der Waals surface area contributed by atoms with E-state index in [2.05, 4.69) is 9.98 Å². The van der Waals surface area contributed by atoms with E-state index in [4.69, 9.17) is 4.74 Å². The molecule has 102 valence electrons. The second-order valence-corrected chi connectivity index (χ2v) is 4.51. The zero-order valence-electron chi connectivity index (χ0n) is 11.2. The van der Waals surface area contributed by atoms with Crippen molar-refractivity contribution in [2.45, 2.75) is 6.04 Å². The molecule has 0 aliphatic heterocycles. The summed E-state index contributed by atoms with van der Waals surface area (Å²) in [5.74, 6) is 0.605. The lowest BCUT2D eigenvalue weighted by molar-refractivity contribution is 0.414. The van der Waals surface area contributed by atoms with Crippen molar-refractivity contribution in [3.8, 4) is 5.75 Å². The van der Waals surface area contributed by atoms with Crippen molar-refractivity contribution in [1.82, 2.24) is 0 Å². The molecule has 0 bridgehead atoms. The standard InChI is InChI=1S/C16H10N2O3/c1-21-14-6-5-10-3-2-4-11-12(17-8-19)7-13(18-9-20)16(14)15(10)11/h2-7,12H,1H3. The average Bonchev–Trinajstić information content (AvgIpc) is 2.51. The number of ether oxygens (including phenoxy) is 1. The Morgan fingerprint density at radius 1 is 1.14 bits per heavy atom. The second-order valence-electron chi connectivity index (χ2n) is 4.51. The maximum Gasteiger partial charge on any atom is 0.240 e. The SMILES string of the molecule is COc1ccc2cccc3c2c1C(N=C=O)=CC3N=C=O. The molecule has 1 aliphatic carbocycles. The van der Waals surface area contributed by atoms with Crippen molar-refractivity contribution < 1.29 is 14.3 Å². The van der Waals surface area contributed by atoms with Gasteiger partial charge in [0.2, 0.25) is 12.2 Å². The highest BCUT2D eigenvalue weighted by Gasteiger charge is 2.24. The molecule has 5 nitrogen and oxygen atoms in total. The van der Waals surface area contributed by atoms with Gasteiger partial charge in [-0.2, -0.15) is 9.98 Å². The summed E-state index contributed by atoms with van der Waals surface area (Å²) in [4.78, 5) is 28.8. The number of nitrogens with zero attached hydrogens (tertiary/aromatic N) is 2. The zero-order chi connectivity index (χ0) is 14.8. The Morgan fingerprint density at radius 3 is 2.71 bits per heavy atom. The summed E-state index contributed by atoms with van der Waals surface area (Å²) in [6, 6.07) is 8.93. The van der Waals surface area contributed by atoms with Gasteiger partial charge in [-0.1, -0.05) is 24.3 Å². The summed E-state index contributed by atoms with van der Waals surface area (Å²) in [6.45, 7) is 0. The molecule has 0 aromatic heterocycles. The van der Waals surface area contributed by atoms with Crippen LogP contribution < -0.4 is 4.74 Å². The van der Waals surface area contributed by atoms with E-state index >= 15 is 0 Å². The van der Waals surface area contributed by atoms with Crippen molar-refractivity contribution in [3.63, 3.8) is 0 Å². The molecule has 1 aliphatic rings. The fourth-order valence-electron chi connectivity index (χ4n) is 2.69. The maximum atomic E-state index is 10.7. The topological polar surface area (TPSA) is 68.1 Å². The van der Waals surface area contributed by atoms with Gasteiger partial charge in [-0.15, -0.1) is 0 Å². The molecular weight excluding hydrogens is 268 g/mol. The molecule has 0 heterocycles. The molecule has 0 spiro atoms. The van der Waals surface area contributed by atoms with E-state index in [-0.39, 0.29) is 0 Å². The first-order valence-electron chi connectivity index (χ1n) is 6.27. The Balaban J connectivity index is 2.46. The number of methoxy groups -OCH3 is 1. The zero-order valence-corrected chi connectivity index (χ0v) is 11.2. The van der Waals surface area contributed by atoms with E-state index in [0.29, 0.717) is 17.0 Å². The molecule has 1 atom stereocenters. The first-order valence-corrected chi connectivity index (χ1v) is 6.27. The van der Waals surface area contributed by atoms with Crippen LogP contribution in [0, 0.1) is 0 Å². The first-order chi connectivity index (χ1) is 10.3. The van der Waals surface area contributed by atoms with Gasteiger partial charge in [0.05, 0.1) is 18.4 Å². The maximum absolute atomic E-state index is 10.7. The lowest BCUT2D eigenvalue weighted by Gasteiger charge is -2.21. The van der Waals surface area contributed by atoms with Gasteiger partial charge in [-0.3, -0.25) is 0 Å². The smallest absolute Gasteiger partial charge is 0.240 e. The Morgan fingerprint density at radius 2 is 2.00 bits per heavy atom. The number of aliphatic imine (C=N–C) groups is 2. The molecule has 1 unspecified atom stereocenters. The van der Waals surface area contributed by atoms with Gasteiger partial charge in [0.15, 0.2) is 0 Å². The van der Waals surface area contributed by atoms with Crippen molar-refractivity contribution in [1.29, 1.82) is 0 Å². The van der Waals surface area contributed by atoms with E-state index < -0.39 is 6.04 Å². The first kappa shape index (κ1) is 13.0. The van der Waals surface area contributed by atoms with Gasteiger partial charge in [-0.05, 0) is 23.1 Å². The monoisotopic (exact) mass is 278 g/mol. The normalized spacial score (nSPS) is 15.7. The predicted molar refractivity (Wildman–Crippen MR) is 77.5 cm³/mol. The van der Waals surface area contributed by atoms with Crippen molar-refractivity contribution in [2.75, 3.05) is 7.11 Å². The summed E-state index contributed by atoms with van der Waals surface area (Å²) in [5.41, 5.74) is 1.97. The fourth-order valence-corrected chi connectivity index (χ4v) is 2.69. The number of benzene rings is 2.